The molecule has 1 N–H and O–H groups in total. The van der Waals surface area contributed by atoms with Crippen LogP contribution in [0.4, 0.5) is 4.39 Å². The van der Waals surface area contributed by atoms with E-state index >= 15 is 0 Å². The van der Waals surface area contributed by atoms with Gasteiger partial charge in [-0.3, -0.25) is 4.79 Å². The molecule has 0 saturated carbocycles. The Labute approximate surface area is 139 Å². The van der Waals surface area contributed by atoms with Crippen LogP contribution in [0, 0.1) is 5.82 Å². The van der Waals surface area contributed by atoms with Crippen LogP contribution in [0.1, 0.15) is 30.5 Å². The first-order valence-electron chi connectivity index (χ1n) is 6.94. The lowest BCUT2D eigenvalue weighted by molar-refractivity contribution is -0.121. The van der Waals surface area contributed by atoms with Crippen LogP contribution in [-0.2, 0) is 11.2 Å². The largest absolute Gasteiger partial charge is 0.350 e. The number of amides is 1. The van der Waals surface area contributed by atoms with E-state index < -0.39 is 0 Å². The van der Waals surface area contributed by atoms with E-state index in [1.54, 1.807) is 24.3 Å². The van der Waals surface area contributed by atoms with Gasteiger partial charge in [-0.15, -0.1) is 0 Å². The van der Waals surface area contributed by atoms with Gasteiger partial charge in [-0.05, 0) is 48.7 Å². The first-order chi connectivity index (χ1) is 10.5. The van der Waals surface area contributed by atoms with Crippen molar-refractivity contribution in [3.8, 4) is 0 Å². The summed E-state index contributed by atoms with van der Waals surface area (Å²) in [5.74, 6) is -0.373. The van der Waals surface area contributed by atoms with Crippen molar-refractivity contribution in [1.82, 2.24) is 5.32 Å². The molecule has 0 bridgehead atoms. The number of hydrogen-bond donors (Lipinski definition) is 1. The van der Waals surface area contributed by atoms with E-state index in [0.29, 0.717) is 22.9 Å². The number of halogens is 3. The lowest BCUT2D eigenvalue weighted by Crippen LogP contribution is -2.26. The Morgan fingerprint density at radius 1 is 1.18 bits per heavy atom. The Bertz CT molecular complexity index is 658. The van der Waals surface area contributed by atoms with Crippen LogP contribution in [-0.4, -0.2) is 5.91 Å². The van der Waals surface area contributed by atoms with Gasteiger partial charge in [0.2, 0.25) is 5.91 Å². The van der Waals surface area contributed by atoms with Crippen LogP contribution in [0.5, 0.6) is 0 Å². The van der Waals surface area contributed by atoms with Crippen molar-refractivity contribution in [1.29, 1.82) is 0 Å². The zero-order valence-electron chi connectivity index (χ0n) is 12.1. The van der Waals surface area contributed by atoms with Crippen LogP contribution in [0.3, 0.4) is 0 Å². The minimum atomic E-state index is -0.292. The third kappa shape index (κ3) is 4.72. The monoisotopic (exact) mass is 339 g/mol. The van der Waals surface area contributed by atoms with Gasteiger partial charge in [0.1, 0.15) is 5.82 Å². The van der Waals surface area contributed by atoms with Gasteiger partial charge in [0.25, 0.3) is 0 Å². The lowest BCUT2D eigenvalue weighted by atomic mass is 10.1. The summed E-state index contributed by atoms with van der Waals surface area (Å²) < 4.78 is 12.9. The molecule has 0 spiro atoms. The second kappa shape index (κ2) is 7.61. The highest BCUT2D eigenvalue weighted by Crippen LogP contribution is 2.22. The third-order valence-electron chi connectivity index (χ3n) is 3.38. The first-order valence-corrected chi connectivity index (χ1v) is 7.70. The number of aryl methyl sites for hydroxylation is 1. The average Bonchev–Trinajstić information content (AvgIpc) is 2.47. The summed E-state index contributed by atoms with van der Waals surface area (Å²) in [6.45, 7) is 1.86. The lowest BCUT2D eigenvalue weighted by Gasteiger charge is -2.14. The topological polar surface area (TPSA) is 29.1 Å². The van der Waals surface area contributed by atoms with Crippen LogP contribution >= 0.6 is 23.2 Å². The molecule has 1 atom stereocenters. The quantitative estimate of drug-likeness (QED) is 0.820. The second-order valence-corrected chi connectivity index (χ2v) is 5.92. The van der Waals surface area contributed by atoms with Crippen molar-refractivity contribution < 1.29 is 9.18 Å². The summed E-state index contributed by atoms with van der Waals surface area (Å²) in [6, 6.07) is 11.2. The third-order valence-corrected chi connectivity index (χ3v) is 3.97. The molecule has 5 heteroatoms. The Morgan fingerprint density at radius 2 is 1.86 bits per heavy atom. The van der Waals surface area contributed by atoms with E-state index in [4.69, 9.17) is 23.2 Å². The number of nitrogens with one attached hydrogen (secondary N) is 1. The highest BCUT2D eigenvalue weighted by Gasteiger charge is 2.11. The smallest absolute Gasteiger partial charge is 0.220 e. The van der Waals surface area contributed by atoms with Gasteiger partial charge >= 0.3 is 0 Å². The van der Waals surface area contributed by atoms with Crippen molar-refractivity contribution in [2.75, 3.05) is 0 Å². The molecule has 0 fully saturated rings. The molecule has 22 heavy (non-hydrogen) atoms. The zero-order chi connectivity index (χ0) is 16.1. The molecule has 0 aliphatic rings. The van der Waals surface area contributed by atoms with Crippen molar-refractivity contribution in [3.05, 3.63) is 69.5 Å². The van der Waals surface area contributed by atoms with E-state index in [0.717, 1.165) is 11.1 Å². The summed E-state index contributed by atoms with van der Waals surface area (Å²) >= 11 is 11.9. The molecule has 2 nitrogen and oxygen atoms in total. The summed E-state index contributed by atoms with van der Waals surface area (Å²) in [4.78, 5) is 12.0. The fourth-order valence-corrected chi connectivity index (χ4v) is 2.62. The molecule has 0 aliphatic heterocycles. The molecule has 0 heterocycles. The van der Waals surface area contributed by atoms with Crippen LogP contribution in [0.15, 0.2) is 42.5 Å². The Balaban J connectivity index is 1.88. The highest BCUT2D eigenvalue weighted by molar-refractivity contribution is 6.35. The second-order valence-electron chi connectivity index (χ2n) is 5.08. The molecule has 0 radical (unpaired) electrons. The maximum Gasteiger partial charge on any atom is 0.220 e. The number of carbonyl (C=O) groups is 1. The van der Waals surface area contributed by atoms with Crippen molar-refractivity contribution >= 4 is 29.1 Å². The Hall–Kier alpha value is -1.58. The molecule has 0 unspecified atom stereocenters. The Kier molecular flexibility index (Phi) is 5.81. The van der Waals surface area contributed by atoms with Crippen molar-refractivity contribution in [2.24, 2.45) is 0 Å². The molecule has 116 valence electrons. The van der Waals surface area contributed by atoms with Gasteiger partial charge in [-0.25, -0.2) is 4.39 Å². The van der Waals surface area contributed by atoms with E-state index in [1.807, 2.05) is 13.0 Å². The van der Waals surface area contributed by atoms with Crippen molar-refractivity contribution in [3.63, 3.8) is 0 Å². The van der Waals surface area contributed by atoms with Gasteiger partial charge in [0.15, 0.2) is 0 Å². The van der Waals surface area contributed by atoms with E-state index in [2.05, 4.69) is 5.32 Å². The maximum absolute atomic E-state index is 12.9. The normalized spacial score (nSPS) is 12.0. The number of benzene rings is 2. The first kappa shape index (κ1) is 16.8. The minimum absolute atomic E-state index is 0.0807. The number of rotatable bonds is 5. The van der Waals surface area contributed by atoms with Crippen LogP contribution in [0.2, 0.25) is 10.0 Å². The standard InChI is InChI=1S/C17H16Cl2FNO/c1-11(12-3-7-15(20)8-4-12)21-17(22)9-5-13-2-6-14(18)10-16(13)19/h2-4,6-8,10-11H,5,9H2,1H3,(H,21,22)/t11-/m0/s1. The minimum Gasteiger partial charge on any atom is -0.350 e. The molecule has 0 saturated heterocycles. The fourth-order valence-electron chi connectivity index (χ4n) is 2.12. The Morgan fingerprint density at radius 3 is 2.50 bits per heavy atom. The molecule has 0 aliphatic carbocycles. The van der Waals surface area contributed by atoms with E-state index in [9.17, 15) is 9.18 Å². The summed E-state index contributed by atoms with van der Waals surface area (Å²) in [5, 5.41) is 4.02. The number of hydrogen-bond acceptors (Lipinski definition) is 1. The van der Waals surface area contributed by atoms with Crippen molar-refractivity contribution in [2.45, 2.75) is 25.8 Å². The van der Waals surface area contributed by atoms with Gasteiger partial charge in [0, 0.05) is 16.5 Å². The van der Waals surface area contributed by atoms with Gasteiger partial charge in [-0.1, -0.05) is 41.4 Å². The maximum atomic E-state index is 12.9. The summed E-state index contributed by atoms with van der Waals surface area (Å²) in [5.41, 5.74) is 1.75. The number of carbonyl (C=O) groups excluding carboxylic acids is 1. The fraction of sp³-hybridized carbons (Fsp3) is 0.235. The highest BCUT2D eigenvalue weighted by atomic mass is 35.5. The van der Waals surface area contributed by atoms with Gasteiger partial charge < -0.3 is 5.32 Å². The predicted molar refractivity (Wildman–Crippen MR) is 87.7 cm³/mol. The predicted octanol–water partition coefficient (Wildman–Crippen LogP) is 4.94. The van der Waals surface area contributed by atoms with Gasteiger partial charge in [0.05, 0.1) is 6.04 Å². The average molecular weight is 340 g/mol. The molecule has 0 aromatic heterocycles. The molecule has 2 rings (SSSR count). The molecular formula is C17H16Cl2FNO. The molecular weight excluding hydrogens is 324 g/mol. The van der Waals surface area contributed by atoms with Crippen LogP contribution < -0.4 is 5.32 Å². The molecule has 2 aromatic carbocycles. The molecule has 1 amide bonds. The summed E-state index contributed by atoms with van der Waals surface area (Å²) in [7, 11) is 0. The molecule has 2 aromatic rings. The van der Waals surface area contributed by atoms with E-state index in [-0.39, 0.29) is 17.8 Å². The van der Waals surface area contributed by atoms with E-state index in [1.165, 1.54) is 12.1 Å². The van der Waals surface area contributed by atoms with Crippen LogP contribution in [0.25, 0.3) is 0 Å². The van der Waals surface area contributed by atoms with Gasteiger partial charge in [-0.2, -0.15) is 0 Å². The SMILES string of the molecule is C[C@H](NC(=O)CCc1ccc(Cl)cc1Cl)c1ccc(F)cc1. The summed E-state index contributed by atoms with van der Waals surface area (Å²) in [6.07, 6.45) is 0.866. The zero-order valence-corrected chi connectivity index (χ0v) is 13.6.